The van der Waals surface area contributed by atoms with Crippen molar-refractivity contribution in [3.05, 3.63) is 47.4 Å². The fourth-order valence-corrected chi connectivity index (χ4v) is 2.69. The molecule has 0 aromatic carbocycles. The number of aryl methyl sites for hydroxylation is 1. The van der Waals surface area contributed by atoms with Gasteiger partial charge in [-0.1, -0.05) is 13.0 Å². The number of nitrogens with zero attached hydrogens (tertiary/aromatic N) is 1. The van der Waals surface area contributed by atoms with E-state index in [1.807, 2.05) is 0 Å². The van der Waals surface area contributed by atoms with Crippen molar-refractivity contribution in [3.8, 4) is 0 Å². The van der Waals surface area contributed by atoms with E-state index in [4.69, 9.17) is 0 Å². The molecule has 108 valence electrons. The highest BCUT2D eigenvalue weighted by molar-refractivity contribution is 6.13. The fraction of sp³-hybridized carbons (Fsp3) is 0.312. The van der Waals surface area contributed by atoms with Gasteiger partial charge >= 0.3 is 0 Å². The molecule has 5 nitrogen and oxygen atoms in total. The van der Waals surface area contributed by atoms with Gasteiger partial charge in [0.15, 0.2) is 5.78 Å². The Morgan fingerprint density at radius 1 is 1.43 bits per heavy atom. The Balaban J connectivity index is 1.89. The quantitative estimate of drug-likeness (QED) is 0.832. The molecular weight excluding hydrogens is 266 g/mol. The lowest BCUT2D eigenvalue weighted by Gasteiger charge is -2.06. The van der Waals surface area contributed by atoms with Crippen molar-refractivity contribution in [1.29, 1.82) is 0 Å². The number of aromatic nitrogens is 2. The van der Waals surface area contributed by atoms with E-state index in [0.717, 1.165) is 18.5 Å². The molecule has 2 heterocycles. The molecule has 1 atom stereocenters. The maximum absolute atomic E-state index is 12.4. The Hall–Kier alpha value is -2.43. The first-order chi connectivity index (χ1) is 10.1. The van der Waals surface area contributed by atoms with Crippen LogP contribution in [-0.2, 0) is 6.42 Å². The number of hydrogen-bond donors (Lipinski definition) is 2. The number of H-pyrrole nitrogens is 1. The van der Waals surface area contributed by atoms with Crippen LogP contribution >= 0.6 is 0 Å². The van der Waals surface area contributed by atoms with E-state index in [0.29, 0.717) is 29.3 Å². The number of fused-ring (bicyclic) bond motifs is 1. The number of anilines is 1. The molecule has 0 aliphatic heterocycles. The fourth-order valence-electron chi connectivity index (χ4n) is 2.69. The lowest BCUT2D eigenvalue weighted by atomic mass is 10.00. The lowest BCUT2D eigenvalue weighted by molar-refractivity contribution is 0.0952. The highest BCUT2D eigenvalue weighted by atomic mass is 16.2. The van der Waals surface area contributed by atoms with E-state index in [-0.39, 0.29) is 11.7 Å². The van der Waals surface area contributed by atoms with Gasteiger partial charge in [-0.05, 0) is 30.9 Å². The second kappa shape index (κ2) is 5.52. The van der Waals surface area contributed by atoms with Gasteiger partial charge < -0.3 is 10.3 Å². The monoisotopic (exact) mass is 283 g/mol. The van der Waals surface area contributed by atoms with E-state index in [1.165, 1.54) is 0 Å². The molecule has 0 saturated carbocycles. The van der Waals surface area contributed by atoms with E-state index in [2.05, 4.69) is 22.2 Å². The molecule has 1 aliphatic rings. The molecule has 0 spiro atoms. The van der Waals surface area contributed by atoms with E-state index in [1.54, 1.807) is 30.6 Å². The third kappa shape index (κ3) is 2.72. The van der Waals surface area contributed by atoms with Gasteiger partial charge in [0.25, 0.3) is 5.91 Å². The van der Waals surface area contributed by atoms with Gasteiger partial charge in [-0.25, -0.2) is 4.98 Å². The number of nitrogens with one attached hydrogen (secondary N) is 2. The Bertz CT molecular complexity index is 676. The number of pyridine rings is 1. The number of carbonyl (C=O) groups is 2. The van der Waals surface area contributed by atoms with Crippen LogP contribution in [0.1, 0.15) is 46.2 Å². The number of hydrogen-bond acceptors (Lipinski definition) is 3. The third-order valence-electron chi connectivity index (χ3n) is 3.81. The molecule has 0 fully saturated rings. The molecule has 2 aromatic rings. The second-order valence-electron chi connectivity index (χ2n) is 5.50. The first kappa shape index (κ1) is 13.5. The van der Waals surface area contributed by atoms with E-state index in [9.17, 15) is 9.59 Å². The first-order valence-corrected chi connectivity index (χ1v) is 7.11. The van der Waals surface area contributed by atoms with Gasteiger partial charge in [0.1, 0.15) is 5.82 Å². The summed E-state index contributed by atoms with van der Waals surface area (Å²) in [5, 5.41) is 2.72. The maximum atomic E-state index is 12.4. The number of carbonyl (C=O) groups excluding carboxylic acids is 2. The summed E-state index contributed by atoms with van der Waals surface area (Å²) in [4.78, 5) is 31.8. The number of Topliss-reactive ketones (excluding diaryl/α,β-unsaturated/α-hetero) is 1. The second-order valence-corrected chi connectivity index (χ2v) is 5.50. The summed E-state index contributed by atoms with van der Waals surface area (Å²) in [6.07, 6.45) is 5.49. The SMILES string of the molecule is CC1CCc2[nH]cc(C(=O)Nc3ccccn3)c2C(=O)C1. The number of rotatable bonds is 2. The molecule has 21 heavy (non-hydrogen) atoms. The van der Waals surface area contributed by atoms with Gasteiger partial charge in [0, 0.05) is 24.5 Å². The lowest BCUT2D eigenvalue weighted by Crippen LogP contribution is -2.16. The average molecular weight is 283 g/mol. The van der Waals surface area contributed by atoms with Gasteiger partial charge in [0.2, 0.25) is 0 Å². The average Bonchev–Trinajstić information content (AvgIpc) is 2.84. The molecule has 0 bridgehead atoms. The van der Waals surface area contributed by atoms with Crippen LogP contribution < -0.4 is 5.32 Å². The Morgan fingerprint density at radius 3 is 3.05 bits per heavy atom. The molecule has 3 rings (SSSR count). The minimum atomic E-state index is -0.297. The number of amides is 1. The molecule has 1 amide bonds. The predicted molar refractivity (Wildman–Crippen MR) is 79.4 cm³/mol. The minimum Gasteiger partial charge on any atom is -0.364 e. The van der Waals surface area contributed by atoms with Gasteiger partial charge in [0.05, 0.1) is 11.1 Å². The van der Waals surface area contributed by atoms with E-state index < -0.39 is 0 Å². The van der Waals surface area contributed by atoms with Crippen molar-refractivity contribution < 1.29 is 9.59 Å². The third-order valence-corrected chi connectivity index (χ3v) is 3.81. The van der Waals surface area contributed by atoms with Gasteiger partial charge in [-0.15, -0.1) is 0 Å². The zero-order chi connectivity index (χ0) is 14.8. The zero-order valence-electron chi connectivity index (χ0n) is 11.8. The summed E-state index contributed by atoms with van der Waals surface area (Å²) in [7, 11) is 0. The van der Waals surface area contributed by atoms with Crippen LogP contribution in [0.3, 0.4) is 0 Å². The van der Waals surface area contributed by atoms with Gasteiger partial charge in [-0.3, -0.25) is 9.59 Å². The normalized spacial score (nSPS) is 18.0. The largest absolute Gasteiger partial charge is 0.364 e. The Kier molecular flexibility index (Phi) is 3.56. The van der Waals surface area contributed by atoms with Crippen LogP contribution in [0.15, 0.2) is 30.6 Å². The van der Waals surface area contributed by atoms with Crippen molar-refractivity contribution in [2.45, 2.75) is 26.2 Å². The summed E-state index contributed by atoms with van der Waals surface area (Å²) in [6.45, 7) is 2.07. The van der Waals surface area contributed by atoms with Gasteiger partial charge in [-0.2, -0.15) is 0 Å². The number of ketones is 1. The summed E-state index contributed by atoms with van der Waals surface area (Å²) < 4.78 is 0. The molecule has 1 aliphatic carbocycles. The van der Waals surface area contributed by atoms with Crippen LogP contribution in [0.4, 0.5) is 5.82 Å². The minimum absolute atomic E-state index is 0.0439. The van der Waals surface area contributed by atoms with Crippen LogP contribution in [0.25, 0.3) is 0 Å². The maximum Gasteiger partial charge on any atom is 0.259 e. The smallest absolute Gasteiger partial charge is 0.259 e. The first-order valence-electron chi connectivity index (χ1n) is 7.11. The summed E-state index contributed by atoms with van der Waals surface area (Å²) in [5.74, 6) is 0.577. The molecule has 0 radical (unpaired) electrons. The molecule has 2 N–H and O–H groups in total. The highest BCUT2D eigenvalue weighted by Crippen LogP contribution is 2.26. The molecule has 1 unspecified atom stereocenters. The standard InChI is InChI=1S/C16H17N3O2/c1-10-5-6-12-15(13(20)8-10)11(9-18-12)16(21)19-14-4-2-3-7-17-14/h2-4,7,9-10,18H,5-6,8H2,1H3,(H,17,19,21). The molecule has 5 heteroatoms. The predicted octanol–water partition coefficient (Wildman–Crippen LogP) is 2.82. The molecule has 0 saturated heterocycles. The zero-order valence-corrected chi connectivity index (χ0v) is 11.8. The summed E-state index contributed by atoms with van der Waals surface area (Å²) >= 11 is 0. The van der Waals surface area contributed by atoms with Crippen molar-refractivity contribution in [3.63, 3.8) is 0 Å². The Labute approximate surface area is 122 Å². The van der Waals surface area contributed by atoms with Crippen LogP contribution in [0.2, 0.25) is 0 Å². The van der Waals surface area contributed by atoms with E-state index >= 15 is 0 Å². The Morgan fingerprint density at radius 2 is 2.29 bits per heavy atom. The summed E-state index contributed by atoms with van der Waals surface area (Å²) in [6, 6.07) is 5.29. The summed E-state index contributed by atoms with van der Waals surface area (Å²) in [5.41, 5.74) is 1.83. The molecule has 2 aromatic heterocycles. The number of aromatic amines is 1. The van der Waals surface area contributed by atoms with Crippen LogP contribution in [0.5, 0.6) is 0 Å². The van der Waals surface area contributed by atoms with Crippen LogP contribution in [0, 0.1) is 5.92 Å². The van der Waals surface area contributed by atoms with Crippen LogP contribution in [-0.4, -0.2) is 21.7 Å². The van der Waals surface area contributed by atoms with Crippen molar-refractivity contribution >= 4 is 17.5 Å². The van der Waals surface area contributed by atoms with Crippen molar-refractivity contribution in [1.82, 2.24) is 9.97 Å². The van der Waals surface area contributed by atoms with Crippen molar-refractivity contribution in [2.24, 2.45) is 5.92 Å². The highest BCUT2D eigenvalue weighted by Gasteiger charge is 2.27. The van der Waals surface area contributed by atoms with Crippen molar-refractivity contribution in [2.75, 3.05) is 5.32 Å². The molecular formula is C16H17N3O2. The topological polar surface area (TPSA) is 74.8 Å².